The fourth-order valence-corrected chi connectivity index (χ4v) is 3.69. The molecule has 0 radical (unpaired) electrons. The van der Waals surface area contributed by atoms with Crippen LogP contribution in [0.15, 0.2) is 35.4 Å². The average Bonchev–Trinajstić information content (AvgIpc) is 2.78. The molecular weight excluding hydrogens is 286 g/mol. The molecule has 21 heavy (non-hydrogen) atoms. The van der Waals surface area contributed by atoms with Gasteiger partial charge in [0.25, 0.3) is 0 Å². The zero-order chi connectivity index (χ0) is 15.6. The van der Waals surface area contributed by atoms with Crippen LogP contribution < -0.4 is 4.72 Å². The van der Waals surface area contributed by atoms with Crippen molar-refractivity contribution in [2.45, 2.75) is 38.1 Å². The molecule has 1 N–H and O–H groups in total. The molecule has 1 aromatic heterocycles. The molecule has 6 heteroatoms. The van der Waals surface area contributed by atoms with Gasteiger partial charge in [-0.2, -0.15) is 5.10 Å². The van der Waals surface area contributed by atoms with E-state index < -0.39 is 10.0 Å². The SMILES string of the molecule is CCC(NS(=O)(=O)c1cnn(C)c1C)c1ccc(C)cc1. The molecule has 0 amide bonds. The van der Waals surface area contributed by atoms with Crippen LogP contribution in [0.1, 0.15) is 36.2 Å². The van der Waals surface area contributed by atoms with Gasteiger partial charge < -0.3 is 0 Å². The molecule has 0 aliphatic rings. The largest absolute Gasteiger partial charge is 0.272 e. The van der Waals surface area contributed by atoms with Gasteiger partial charge in [-0.15, -0.1) is 0 Å². The maximum absolute atomic E-state index is 12.5. The quantitative estimate of drug-likeness (QED) is 0.923. The van der Waals surface area contributed by atoms with E-state index in [1.54, 1.807) is 18.7 Å². The number of hydrogen-bond acceptors (Lipinski definition) is 3. The Morgan fingerprint density at radius 1 is 1.24 bits per heavy atom. The van der Waals surface area contributed by atoms with Gasteiger partial charge in [0.05, 0.1) is 11.9 Å². The first-order chi connectivity index (χ1) is 9.85. The lowest BCUT2D eigenvalue weighted by atomic mass is 10.0. The minimum atomic E-state index is -3.57. The molecule has 0 fully saturated rings. The fraction of sp³-hybridized carbons (Fsp3) is 0.400. The zero-order valence-electron chi connectivity index (χ0n) is 12.8. The third-order valence-corrected chi connectivity index (χ3v) is 5.24. The number of benzene rings is 1. The Morgan fingerprint density at radius 3 is 2.33 bits per heavy atom. The first-order valence-corrected chi connectivity index (χ1v) is 8.41. The van der Waals surface area contributed by atoms with E-state index in [9.17, 15) is 8.42 Å². The molecule has 5 nitrogen and oxygen atoms in total. The molecule has 1 heterocycles. The average molecular weight is 307 g/mol. The van der Waals surface area contributed by atoms with Gasteiger partial charge in [0.1, 0.15) is 4.90 Å². The minimum Gasteiger partial charge on any atom is -0.272 e. The molecule has 2 aromatic rings. The Bertz CT molecular complexity index is 718. The summed E-state index contributed by atoms with van der Waals surface area (Å²) in [5, 5.41) is 4.00. The number of nitrogens with one attached hydrogen (secondary N) is 1. The summed E-state index contributed by atoms with van der Waals surface area (Å²) in [6.45, 7) is 5.71. The predicted octanol–water partition coefficient (Wildman–Crippen LogP) is 2.47. The molecule has 2 rings (SSSR count). The minimum absolute atomic E-state index is 0.232. The van der Waals surface area contributed by atoms with Crippen molar-refractivity contribution in [1.29, 1.82) is 0 Å². The second kappa shape index (κ2) is 5.99. The highest BCUT2D eigenvalue weighted by Gasteiger charge is 2.23. The molecule has 0 saturated heterocycles. The molecular formula is C15H21N3O2S. The van der Waals surface area contributed by atoms with E-state index in [1.807, 2.05) is 38.1 Å². The van der Waals surface area contributed by atoms with E-state index in [1.165, 1.54) is 6.20 Å². The summed E-state index contributed by atoms with van der Waals surface area (Å²) in [6, 6.07) is 7.66. The van der Waals surface area contributed by atoms with E-state index in [2.05, 4.69) is 9.82 Å². The maximum atomic E-state index is 12.5. The van der Waals surface area contributed by atoms with Crippen LogP contribution in [0.4, 0.5) is 0 Å². The van der Waals surface area contributed by atoms with Crippen molar-refractivity contribution >= 4 is 10.0 Å². The van der Waals surface area contributed by atoms with Gasteiger partial charge in [0, 0.05) is 13.1 Å². The number of aryl methyl sites for hydroxylation is 2. The fourth-order valence-electron chi connectivity index (χ4n) is 2.18. The van der Waals surface area contributed by atoms with Gasteiger partial charge in [0.2, 0.25) is 10.0 Å². The lowest BCUT2D eigenvalue weighted by Gasteiger charge is -2.17. The summed E-state index contributed by atoms with van der Waals surface area (Å²) < 4.78 is 29.3. The number of rotatable bonds is 5. The topological polar surface area (TPSA) is 64.0 Å². The second-order valence-electron chi connectivity index (χ2n) is 5.21. The van der Waals surface area contributed by atoms with Gasteiger partial charge in [-0.25, -0.2) is 13.1 Å². The third kappa shape index (κ3) is 3.33. The summed E-state index contributed by atoms with van der Waals surface area (Å²) >= 11 is 0. The van der Waals surface area contributed by atoms with Gasteiger partial charge in [0.15, 0.2) is 0 Å². The first kappa shape index (κ1) is 15.7. The standard InChI is InChI=1S/C15H21N3O2S/c1-5-14(13-8-6-11(2)7-9-13)17-21(19,20)15-10-16-18(4)12(15)3/h6-10,14,17H,5H2,1-4H3. The highest BCUT2D eigenvalue weighted by Crippen LogP contribution is 2.21. The van der Waals surface area contributed by atoms with Gasteiger partial charge in [-0.1, -0.05) is 36.8 Å². The van der Waals surface area contributed by atoms with Crippen molar-refractivity contribution < 1.29 is 8.42 Å². The van der Waals surface area contributed by atoms with Gasteiger partial charge >= 0.3 is 0 Å². The smallest absolute Gasteiger partial charge is 0.244 e. The summed E-state index contributed by atoms with van der Waals surface area (Å²) in [4.78, 5) is 0.232. The lowest BCUT2D eigenvalue weighted by Crippen LogP contribution is -2.28. The monoisotopic (exact) mass is 307 g/mol. The van der Waals surface area contributed by atoms with Crippen molar-refractivity contribution in [3.63, 3.8) is 0 Å². The van der Waals surface area contributed by atoms with Crippen LogP contribution in [0, 0.1) is 13.8 Å². The van der Waals surface area contributed by atoms with E-state index >= 15 is 0 Å². The van der Waals surface area contributed by atoms with E-state index in [-0.39, 0.29) is 10.9 Å². The summed E-state index contributed by atoms with van der Waals surface area (Å²) in [6.07, 6.45) is 2.07. The Morgan fingerprint density at radius 2 is 1.86 bits per heavy atom. The molecule has 0 saturated carbocycles. The molecule has 114 valence electrons. The summed E-state index contributed by atoms with van der Waals surface area (Å²) in [5.74, 6) is 0. The normalized spacial score (nSPS) is 13.3. The second-order valence-corrected chi connectivity index (χ2v) is 6.89. The molecule has 0 aliphatic carbocycles. The van der Waals surface area contributed by atoms with Crippen molar-refractivity contribution in [3.05, 3.63) is 47.3 Å². The summed E-state index contributed by atoms with van der Waals surface area (Å²) in [7, 11) is -1.85. The molecule has 1 aromatic carbocycles. The number of aromatic nitrogens is 2. The van der Waals surface area contributed by atoms with E-state index in [0.717, 1.165) is 11.1 Å². The molecule has 0 bridgehead atoms. The molecule has 1 unspecified atom stereocenters. The Hall–Kier alpha value is -1.66. The van der Waals surface area contributed by atoms with Gasteiger partial charge in [-0.3, -0.25) is 4.68 Å². The zero-order valence-corrected chi connectivity index (χ0v) is 13.6. The molecule has 0 aliphatic heterocycles. The van der Waals surface area contributed by atoms with Crippen molar-refractivity contribution in [1.82, 2.24) is 14.5 Å². The van der Waals surface area contributed by atoms with E-state index in [4.69, 9.17) is 0 Å². The number of sulfonamides is 1. The Kier molecular flexibility index (Phi) is 4.49. The van der Waals surface area contributed by atoms with Crippen molar-refractivity contribution in [2.75, 3.05) is 0 Å². The lowest BCUT2D eigenvalue weighted by molar-refractivity contribution is 0.549. The van der Waals surface area contributed by atoms with Crippen LogP contribution in [0.25, 0.3) is 0 Å². The Balaban J connectivity index is 2.29. The highest BCUT2D eigenvalue weighted by atomic mass is 32.2. The summed E-state index contributed by atoms with van der Waals surface area (Å²) in [5.41, 5.74) is 2.74. The maximum Gasteiger partial charge on any atom is 0.244 e. The first-order valence-electron chi connectivity index (χ1n) is 6.92. The number of hydrogen-bond donors (Lipinski definition) is 1. The molecule has 1 atom stereocenters. The van der Waals surface area contributed by atoms with Crippen LogP contribution in [-0.4, -0.2) is 18.2 Å². The van der Waals surface area contributed by atoms with Crippen LogP contribution in [0.2, 0.25) is 0 Å². The van der Waals surface area contributed by atoms with Crippen LogP contribution in [0.5, 0.6) is 0 Å². The van der Waals surface area contributed by atoms with Crippen LogP contribution in [-0.2, 0) is 17.1 Å². The van der Waals surface area contributed by atoms with E-state index in [0.29, 0.717) is 12.1 Å². The molecule has 0 spiro atoms. The van der Waals surface area contributed by atoms with Crippen molar-refractivity contribution in [2.24, 2.45) is 7.05 Å². The van der Waals surface area contributed by atoms with Gasteiger partial charge in [-0.05, 0) is 25.8 Å². The van der Waals surface area contributed by atoms with Crippen LogP contribution in [0.3, 0.4) is 0 Å². The predicted molar refractivity (Wildman–Crippen MR) is 82.5 cm³/mol. The van der Waals surface area contributed by atoms with Crippen LogP contribution >= 0.6 is 0 Å². The third-order valence-electron chi connectivity index (χ3n) is 3.67. The Labute approximate surface area is 126 Å². The van der Waals surface area contributed by atoms with Crippen molar-refractivity contribution in [3.8, 4) is 0 Å². The highest BCUT2D eigenvalue weighted by molar-refractivity contribution is 7.89. The number of nitrogens with zero attached hydrogens (tertiary/aromatic N) is 2.